The van der Waals surface area contributed by atoms with Gasteiger partial charge >= 0.3 is 11.9 Å². The molecule has 2 atom stereocenters. The van der Waals surface area contributed by atoms with Crippen LogP contribution >= 0.6 is 11.6 Å². The zero-order chi connectivity index (χ0) is 15.9. The quantitative estimate of drug-likeness (QED) is 0.634. The predicted octanol–water partition coefficient (Wildman–Crippen LogP) is 3.10. The van der Waals surface area contributed by atoms with Crippen LogP contribution in [0, 0.1) is 17.3 Å². The highest BCUT2D eigenvalue weighted by molar-refractivity contribution is 6.30. The molecule has 4 nitrogen and oxygen atoms in total. The van der Waals surface area contributed by atoms with Gasteiger partial charge in [-0.1, -0.05) is 29.8 Å². The molecule has 5 heteroatoms. The van der Waals surface area contributed by atoms with Gasteiger partial charge in [0.25, 0.3) is 0 Å². The molecule has 0 spiro atoms. The molecule has 1 aromatic carbocycles. The molecule has 0 aromatic heterocycles. The van der Waals surface area contributed by atoms with Crippen LogP contribution in [0.3, 0.4) is 0 Å². The summed E-state index contributed by atoms with van der Waals surface area (Å²) in [7, 11) is 2.61. The van der Waals surface area contributed by atoms with Gasteiger partial charge in [0, 0.05) is 5.02 Å². The minimum atomic E-state index is -1.18. The third-order valence-corrected chi connectivity index (χ3v) is 5.04. The Hall–Kier alpha value is -1.81. The summed E-state index contributed by atoms with van der Waals surface area (Å²) in [5, 5.41) is 0.685. The van der Waals surface area contributed by atoms with Crippen LogP contribution in [-0.4, -0.2) is 26.2 Å². The van der Waals surface area contributed by atoms with Crippen LogP contribution in [0.5, 0.6) is 0 Å². The van der Waals surface area contributed by atoms with E-state index in [1.165, 1.54) is 14.2 Å². The number of esters is 2. The Morgan fingerprint density at radius 1 is 1.09 bits per heavy atom. The maximum atomic E-state index is 12.2. The predicted molar refractivity (Wildman–Crippen MR) is 82.1 cm³/mol. The van der Waals surface area contributed by atoms with E-state index in [4.69, 9.17) is 21.1 Å². The summed E-state index contributed by atoms with van der Waals surface area (Å²) >= 11 is 5.91. The second kappa shape index (κ2) is 5.43. The van der Waals surface area contributed by atoms with E-state index in [0.717, 1.165) is 11.1 Å². The lowest BCUT2D eigenvalue weighted by molar-refractivity contribution is -0.168. The Bertz CT molecular complexity index is 631. The first-order valence-corrected chi connectivity index (χ1v) is 7.54. The average Bonchev–Trinajstić information content (AvgIpc) is 2.82. The number of carbonyl (C=O) groups excluding carboxylic acids is 2. The number of carbonyl (C=O) groups is 2. The van der Waals surface area contributed by atoms with Crippen LogP contribution < -0.4 is 0 Å². The molecule has 0 amide bonds. The van der Waals surface area contributed by atoms with Gasteiger partial charge in [0.1, 0.15) is 0 Å². The number of rotatable bonds is 3. The largest absolute Gasteiger partial charge is 0.468 e. The first kappa shape index (κ1) is 15.1. The summed E-state index contributed by atoms with van der Waals surface area (Å²) in [4.78, 5) is 24.4. The fourth-order valence-electron chi connectivity index (χ4n) is 3.67. The van der Waals surface area contributed by atoms with Crippen molar-refractivity contribution in [3.63, 3.8) is 0 Å². The number of ether oxygens (including phenoxy) is 2. The molecular weight excluding hydrogens is 304 g/mol. The zero-order valence-corrected chi connectivity index (χ0v) is 13.2. The maximum absolute atomic E-state index is 12.2. The first-order chi connectivity index (χ1) is 10.5. The van der Waals surface area contributed by atoms with Crippen molar-refractivity contribution in [3.8, 4) is 0 Å². The second-order valence-electron chi connectivity index (χ2n) is 5.87. The minimum absolute atomic E-state index is 0.180. The van der Waals surface area contributed by atoms with Crippen LogP contribution in [-0.2, 0) is 19.1 Å². The summed E-state index contributed by atoms with van der Waals surface area (Å²) in [5.41, 5.74) is 1.07. The number of fused-ring (bicyclic) bond motifs is 1. The average molecular weight is 321 g/mol. The molecule has 1 aromatic rings. The van der Waals surface area contributed by atoms with E-state index in [0.29, 0.717) is 17.9 Å². The van der Waals surface area contributed by atoms with Gasteiger partial charge in [-0.2, -0.15) is 0 Å². The second-order valence-corrected chi connectivity index (χ2v) is 6.31. The molecular formula is C17H17ClO4. The van der Waals surface area contributed by atoms with Crippen molar-refractivity contribution in [3.05, 3.63) is 40.9 Å². The Balaban J connectivity index is 1.86. The molecule has 0 unspecified atom stereocenters. The molecule has 2 aliphatic carbocycles. The lowest BCUT2D eigenvalue weighted by Gasteiger charge is -2.30. The Kier molecular flexibility index (Phi) is 3.73. The van der Waals surface area contributed by atoms with Crippen molar-refractivity contribution in [2.24, 2.45) is 17.3 Å². The first-order valence-electron chi connectivity index (χ1n) is 7.16. The van der Waals surface area contributed by atoms with Crippen molar-refractivity contribution in [1.82, 2.24) is 0 Å². The topological polar surface area (TPSA) is 52.6 Å². The lowest BCUT2D eigenvalue weighted by atomic mass is 9.74. The maximum Gasteiger partial charge on any atom is 0.323 e. The van der Waals surface area contributed by atoms with Crippen LogP contribution in [0.25, 0.3) is 5.57 Å². The van der Waals surface area contributed by atoms with Crippen molar-refractivity contribution < 1.29 is 19.1 Å². The van der Waals surface area contributed by atoms with E-state index in [1.54, 1.807) is 0 Å². The lowest BCUT2D eigenvalue weighted by Crippen LogP contribution is -2.39. The minimum Gasteiger partial charge on any atom is -0.468 e. The highest BCUT2D eigenvalue weighted by Crippen LogP contribution is 2.58. The molecule has 0 aliphatic heterocycles. The number of hydrogen-bond donors (Lipinski definition) is 0. The SMILES string of the molecule is COC(=O)C1(C(=O)OC)C[C@H]2C=C(c3ccc(Cl)cc3)[C@H]2C1. The van der Waals surface area contributed by atoms with E-state index in [9.17, 15) is 9.59 Å². The van der Waals surface area contributed by atoms with Gasteiger partial charge in [0.15, 0.2) is 5.41 Å². The monoisotopic (exact) mass is 320 g/mol. The molecule has 1 fully saturated rings. The van der Waals surface area contributed by atoms with Gasteiger partial charge < -0.3 is 9.47 Å². The standard InChI is InChI=1S/C17H17ClO4/c1-21-15(19)17(16(20)22-2)8-11-7-13(14(11)9-17)10-3-5-12(18)6-4-10/h3-7,11,14H,8-9H2,1-2H3/t11-,14+/m1/s1. The van der Waals surface area contributed by atoms with Crippen molar-refractivity contribution in [1.29, 1.82) is 0 Å². The van der Waals surface area contributed by atoms with Crippen molar-refractivity contribution in [2.45, 2.75) is 12.8 Å². The number of halogens is 1. The fraction of sp³-hybridized carbons (Fsp3) is 0.412. The summed E-state index contributed by atoms with van der Waals surface area (Å²) < 4.78 is 9.72. The summed E-state index contributed by atoms with van der Waals surface area (Å²) in [5.74, 6) is -0.613. The molecule has 0 heterocycles. The summed E-state index contributed by atoms with van der Waals surface area (Å²) in [6, 6.07) is 7.60. The Morgan fingerprint density at radius 2 is 1.68 bits per heavy atom. The number of methoxy groups -OCH3 is 2. The van der Waals surface area contributed by atoms with Gasteiger partial charge in [-0.3, -0.25) is 9.59 Å². The van der Waals surface area contributed by atoms with Gasteiger partial charge in [-0.15, -0.1) is 0 Å². The molecule has 0 saturated heterocycles. The van der Waals surface area contributed by atoms with Crippen LogP contribution in [0.4, 0.5) is 0 Å². The molecule has 22 heavy (non-hydrogen) atoms. The van der Waals surface area contributed by atoms with Crippen molar-refractivity contribution in [2.75, 3.05) is 14.2 Å². The van der Waals surface area contributed by atoms with E-state index >= 15 is 0 Å². The van der Waals surface area contributed by atoms with E-state index < -0.39 is 17.4 Å². The fourth-order valence-corrected chi connectivity index (χ4v) is 3.79. The Labute approximate surface area is 134 Å². The third kappa shape index (κ3) is 2.13. The summed E-state index contributed by atoms with van der Waals surface area (Å²) in [6.45, 7) is 0. The van der Waals surface area contributed by atoms with E-state index in [2.05, 4.69) is 6.08 Å². The Morgan fingerprint density at radius 3 is 2.23 bits per heavy atom. The van der Waals surface area contributed by atoms with Gasteiger partial charge in [-0.25, -0.2) is 0 Å². The van der Waals surface area contributed by atoms with Crippen LogP contribution in [0.2, 0.25) is 5.02 Å². The van der Waals surface area contributed by atoms with Crippen LogP contribution in [0.15, 0.2) is 30.3 Å². The molecule has 1 saturated carbocycles. The van der Waals surface area contributed by atoms with E-state index in [-0.39, 0.29) is 11.8 Å². The van der Waals surface area contributed by atoms with E-state index in [1.807, 2.05) is 24.3 Å². The molecule has 0 bridgehead atoms. The van der Waals surface area contributed by atoms with Gasteiger partial charge in [-0.05, 0) is 47.9 Å². The molecule has 0 N–H and O–H groups in total. The number of benzene rings is 1. The number of hydrogen-bond acceptors (Lipinski definition) is 4. The molecule has 0 radical (unpaired) electrons. The molecule has 2 aliphatic rings. The van der Waals surface area contributed by atoms with Crippen molar-refractivity contribution >= 4 is 29.1 Å². The third-order valence-electron chi connectivity index (χ3n) is 4.79. The van der Waals surface area contributed by atoms with Crippen LogP contribution in [0.1, 0.15) is 18.4 Å². The number of allylic oxidation sites excluding steroid dienone is 2. The normalized spacial score (nSPS) is 24.8. The molecule has 3 rings (SSSR count). The highest BCUT2D eigenvalue weighted by atomic mass is 35.5. The highest BCUT2D eigenvalue weighted by Gasteiger charge is 2.59. The van der Waals surface area contributed by atoms with Gasteiger partial charge in [0.2, 0.25) is 0 Å². The van der Waals surface area contributed by atoms with Gasteiger partial charge in [0.05, 0.1) is 14.2 Å². The zero-order valence-electron chi connectivity index (χ0n) is 12.5. The summed E-state index contributed by atoms with van der Waals surface area (Å²) in [6.07, 6.45) is 3.01. The smallest absolute Gasteiger partial charge is 0.323 e. The molecule has 116 valence electrons.